The molecule has 0 spiro atoms. The molecule has 0 fully saturated rings. The molecular formula is C10H10N2O2. The van der Waals surface area contributed by atoms with Gasteiger partial charge in [0.25, 0.3) is 0 Å². The van der Waals surface area contributed by atoms with E-state index in [2.05, 4.69) is 9.97 Å². The molecule has 0 atom stereocenters. The number of Topliss-reactive ketones (excluding diaryl/α,β-unsaturated/α-hetero) is 1. The lowest BCUT2D eigenvalue weighted by Crippen LogP contribution is -2.00. The number of nitrogens with one attached hydrogen (secondary N) is 2. The van der Waals surface area contributed by atoms with Crippen molar-refractivity contribution in [3.8, 4) is 0 Å². The van der Waals surface area contributed by atoms with Crippen LogP contribution in [0.2, 0.25) is 0 Å². The Labute approximate surface area is 80.0 Å². The van der Waals surface area contributed by atoms with E-state index in [9.17, 15) is 9.59 Å². The van der Waals surface area contributed by atoms with Crippen molar-refractivity contribution in [3.63, 3.8) is 0 Å². The zero-order chi connectivity index (χ0) is 10.1. The van der Waals surface area contributed by atoms with Crippen LogP contribution in [0.15, 0.2) is 23.0 Å². The van der Waals surface area contributed by atoms with Crippen molar-refractivity contribution in [1.29, 1.82) is 0 Å². The highest BCUT2D eigenvalue weighted by molar-refractivity contribution is 5.85. The van der Waals surface area contributed by atoms with Crippen LogP contribution in [0.1, 0.15) is 12.5 Å². The summed E-state index contributed by atoms with van der Waals surface area (Å²) in [6, 6.07) is 5.47. The lowest BCUT2D eigenvalue weighted by molar-refractivity contribution is -0.116. The molecule has 1 aromatic heterocycles. The third kappa shape index (κ3) is 1.46. The second-order valence-corrected chi connectivity index (χ2v) is 3.30. The molecule has 2 N–H and O–H groups in total. The smallest absolute Gasteiger partial charge is 0.306 e. The molecule has 0 aliphatic heterocycles. The zero-order valence-corrected chi connectivity index (χ0v) is 7.76. The molecule has 4 heteroatoms. The number of H-pyrrole nitrogens is 2. The molecule has 0 saturated carbocycles. The first kappa shape index (κ1) is 8.74. The molecule has 0 amide bonds. The van der Waals surface area contributed by atoms with E-state index in [4.69, 9.17) is 0 Å². The van der Waals surface area contributed by atoms with Gasteiger partial charge in [-0.3, -0.25) is 4.79 Å². The van der Waals surface area contributed by atoms with Gasteiger partial charge in [-0.05, 0) is 18.6 Å². The summed E-state index contributed by atoms with van der Waals surface area (Å²) in [7, 11) is 0. The minimum atomic E-state index is -0.240. The highest BCUT2D eigenvalue weighted by Crippen LogP contribution is 2.13. The van der Waals surface area contributed by atoms with E-state index in [0.29, 0.717) is 6.42 Å². The normalized spacial score (nSPS) is 10.6. The summed E-state index contributed by atoms with van der Waals surface area (Å²) in [5.41, 5.74) is 2.09. The van der Waals surface area contributed by atoms with Crippen molar-refractivity contribution in [2.24, 2.45) is 0 Å². The summed E-state index contributed by atoms with van der Waals surface area (Å²) in [6.07, 6.45) is 0.352. The number of rotatable bonds is 2. The number of para-hydroxylation sites is 1. The van der Waals surface area contributed by atoms with Gasteiger partial charge in [0.1, 0.15) is 5.78 Å². The first-order valence-corrected chi connectivity index (χ1v) is 4.36. The fourth-order valence-electron chi connectivity index (χ4n) is 1.53. The second-order valence-electron chi connectivity index (χ2n) is 3.30. The summed E-state index contributed by atoms with van der Waals surface area (Å²) >= 11 is 0. The number of carbonyl (C=O) groups excluding carboxylic acids is 1. The SMILES string of the molecule is CC(=O)Cc1cccc2[nH]c(=O)[nH]c12. The topological polar surface area (TPSA) is 65.7 Å². The Balaban J connectivity index is 2.64. The predicted molar refractivity (Wildman–Crippen MR) is 53.3 cm³/mol. The van der Waals surface area contributed by atoms with Crippen LogP contribution in [0.4, 0.5) is 0 Å². The number of fused-ring (bicyclic) bond motifs is 1. The molecule has 72 valence electrons. The third-order valence-electron chi connectivity index (χ3n) is 2.08. The van der Waals surface area contributed by atoms with Gasteiger partial charge in [-0.25, -0.2) is 4.79 Å². The second kappa shape index (κ2) is 3.14. The summed E-state index contributed by atoms with van der Waals surface area (Å²) in [4.78, 5) is 27.3. The van der Waals surface area contributed by atoms with Crippen LogP contribution >= 0.6 is 0 Å². The van der Waals surface area contributed by atoms with Gasteiger partial charge in [-0.2, -0.15) is 0 Å². The number of carbonyl (C=O) groups is 1. The molecule has 0 bridgehead atoms. The third-order valence-corrected chi connectivity index (χ3v) is 2.08. The maximum Gasteiger partial charge on any atom is 0.323 e. The minimum absolute atomic E-state index is 0.0829. The van der Waals surface area contributed by atoms with Crippen LogP contribution in [0.25, 0.3) is 11.0 Å². The van der Waals surface area contributed by atoms with Crippen LogP contribution < -0.4 is 5.69 Å². The molecule has 0 saturated heterocycles. The Morgan fingerprint density at radius 3 is 2.86 bits per heavy atom. The Morgan fingerprint density at radius 1 is 1.36 bits per heavy atom. The summed E-state index contributed by atoms with van der Waals surface area (Å²) in [5, 5.41) is 0. The van der Waals surface area contributed by atoms with Gasteiger partial charge < -0.3 is 9.97 Å². The van der Waals surface area contributed by atoms with Gasteiger partial charge >= 0.3 is 5.69 Å². The monoisotopic (exact) mass is 190 g/mol. The lowest BCUT2D eigenvalue weighted by atomic mass is 10.1. The van der Waals surface area contributed by atoms with Gasteiger partial charge in [-0.1, -0.05) is 12.1 Å². The van der Waals surface area contributed by atoms with Crippen molar-refractivity contribution < 1.29 is 4.79 Å². The Morgan fingerprint density at radius 2 is 2.14 bits per heavy atom. The largest absolute Gasteiger partial charge is 0.323 e. The Hall–Kier alpha value is -1.84. The molecule has 2 rings (SSSR count). The van der Waals surface area contributed by atoms with E-state index < -0.39 is 0 Å². The molecule has 0 unspecified atom stereocenters. The quantitative estimate of drug-likeness (QED) is 0.741. The standard InChI is InChI=1S/C10H10N2O2/c1-6(13)5-7-3-2-4-8-9(7)12-10(14)11-8/h2-4H,5H2,1H3,(H2,11,12,14). The van der Waals surface area contributed by atoms with Crippen molar-refractivity contribution in [2.75, 3.05) is 0 Å². The van der Waals surface area contributed by atoms with Crippen molar-refractivity contribution in [2.45, 2.75) is 13.3 Å². The van der Waals surface area contributed by atoms with Crippen molar-refractivity contribution >= 4 is 16.8 Å². The molecule has 0 radical (unpaired) electrons. The number of ketones is 1. The highest BCUT2D eigenvalue weighted by Gasteiger charge is 2.05. The highest BCUT2D eigenvalue weighted by atomic mass is 16.1. The summed E-state index contributed by atoms with van der Waals surface area (Å²) in [5.74, 6) is 0.0829. The molecule has 0 aliphatic rings. The average Bonchev–Trinajstić information content (AvgIpc) is 2.45. The summed E-state index contributed by atoms with van der Waals surface area (Å²) < 4.78 is 0. The van der Waals surface area contributed by atoms with Crippen LogP contribution in [0.3, 0.4) is 0 Å². The molecule has 4 nitrogen and oxygen atoms in total. The first-order chi connectivity index (χ1) is 6.66. The molecule has 14 heavy (non-hydrogen) atoms. The van der Waals surface area contributed by atoms with E-state index in [-0.39, 0.29) is 11.5 Å². The van der Waals surface area contributed by atoms with Crippen LogP contribution in [0, 0.1) is 0 Å². The van der Waals surface area contributed by atoms with Crippen LogP contribution in [-0.4, -0.2) is 15.8 Å². The van der Waals surface area contributed by atoms with E-state index in [0.717, 1.165) is 16.6 Å². The van der Waals surface area contributed by atoms with E-state index >= 15 is 0 Å². The molecular weight excluding hydrogens is 180 g/mol. The average molecular weight is 190 g/mol. The first-order valence-electron chi connectivity index (χ1n) is 4.36. The molecule has 0 aliphatic carbocycles. The number of aromatic amines is 2. The fourth-order valence-corrected chi connectivity index (χ4v) is 1.53. The van der Waals surface area contributed by atoms with Crippen molar-refractivity contribution in [3.05, 3.63) is 34.2 Å². The van der Waals surface area contributed by atoms with Crippen LogP contribution in [-0.2, 0) is 11.2 Å². The number of hydrogen-bond acceptors (Lipinski definition) is 2. The molecule has 2 aromatic rings. The Kier molecular flexibility index (Phi) is 1.96. The van der Waals surface area contributed by atoms with E-state index in [1.54, 1.807) is 6.07 Å². The number of hydrogen-bond donors (Lipinski definition) is 2. The zero-order valence-electron chi connectivity index (χ0n) is 7.76. The Bertz CT molecular complexity index is 536. The van der Waals surface area contributed by atoms with Gasteiger partial charge in [0.2, 0.25) is 0 Å². The van der Waals surface area contributed by atoms with E-state index in [1.165, 1.54) is 6.92 Å². The van der Waals surface area contributed by atoms with Gasteiger partial charge in [0.05, 0.1) is 11.0 Å². The molecule has 1 heterocycles. The number of imidazole rings is 1. The summed E-state index contributed by atoms with van der Waals surface area (Å²) in [6.45, 7) is 1.53. The van der Waals surface area contributed by atoms with Crippen molar-refractivity contribution in [1.82, 2.24) is 9.97 Å². The van der Waals surface area contributed by atoms with Gasteiger partial charge in [0.15, 0.2) is 0 Å². The minimum Gasteiger partial charge on any atom is -0.306 e. The van der Waals surface area contributed by atoms with E-state index in [1.807, 2.05) is 12.1 Å². The van der Waals surface area contributed by atoms with Crippen LogP contribution in [0.5, 0.6) is 0 Å². The lowest BCUT2D eigenvalue weighted by Gasteiger charge is -1.98. The predicted octanol–water partition coefficient (Wildman–Crippen LogP) is 0.988. The van der Waals surface area contributed by atoms with Gasteiger partial charge in [0, 0.05) is 6.42 Å². The maximum atomic E-state index is 11.0. The maximum absolute atomic E-state index is 11.0. The van der Waals surface area contributed by atoms with Gasteiger partial charge in [-0.15, -0.1) is 0 Å². The number of benzene rings is 1. The number of aromatic nitrogens is 2. The molecule has 1 aromatic carbocycles. The fraction of sp³-hybridized carbons (Fsp3) is 0.200.